The standard InChI is InChI=1S/C14H21N5S/c1-10(2)15-5-12-6-17-14(7-16-12)19(4)8-13-9-20-11(3)18-13/h6-7,9-10,15H,5,8H2,1-4H3. The number of rotatable bonds is 6. The lowest BCUT2D eigenvalue weighted by molar-refractivity contribution is 0.580. The Morgan fingerprint density at radius 2 is 2.05 bits per heavy atom. The topological polar surface area (TPSA) is 53.9 Å². The monoisotopic (exact) mass is 291 g/mol. The Morgan fingerprint density at radius 1 is 1.25 bits per heavy atom. The fourth-order valence-electron chi connectivity index (χ4n) is 1.75. The van der Waals surface area contributed by atoms with Crippen LogP contribution < -0.4 is 10.2 Å². The summed E-state index contributed by atoms with van der Waals surface area (Å²) in [6.07, 6.45) is 3.64. The molecule has 0 fully saturated rings. The van der Waals surface area contributed by atoms with Crippen molar-refractivity contribution in [2.24, 2.45) is 0 Å². The summed E-state index contributed by atoms with van der Waals surface area (Å²) in [4.78, 5) is 15.4. The molecule has 0 spiro atoms. The van der Waals surface area contributed by atoms with Crippen LogP contribution in [0.3, 0.4) is 0 Å². The van der Waals surface area contributed by atoms with Gasteiger partial charge in [-0.15, -0.1) is 11.3 Å². The zero-order chi connectivity index (χ0) is 14.5. The Labute approximate surface area is 124 Å². The van der Waals surface area contributed by atoms with Crippen molar-refractivity contribution in [2.45, 2.75) is 39.9 Å². The van der Waals surface area contributed by atoms with Gasteiger partial charge in [-0.3, -0.25) is 4.98 Å². The molecule has 0 aliphatic heterocycles. The number of nitrogens with one attached hydrogen (secondary N) is 1. The van der Waals surface area contributed by atoms with E-state index >= 15 is 0 Å². The lowest BCUT2D eigenvalue weighted by Gasteiger charge is -2.16. The molecule has 2 aromatic rings. The van der Waals surface area contributed by atoms with Gasteiger partial charge in [-0.2, -0.15) is 0 Å². The first kappa shape index (κ1) is 14.9. The second-order valence-corrected chi connectivity index (χ2v) is 6.18. The van der Waals surface area contributed by atoms with Gasteiger partial charge in [-0.25, -0.2) is 9.97 Å². The summed E-state index contributed by atoms with van der Waals surface area (Å²) in [7, 11) is 2.00. The van der Waals surface area contributed by atoms with Crippen LogP contribution in [0.15, 0.2) is 17.8 Å². The zero-order valence-electron chi connectivity index (χ0n) is 12.4. The Hall–Kier alpha value is -1.53. The van der Waals surface area contributed by atoms with Gasteiger partial charge < -0.3 is 10.2 Å². The molecule has 2 aromatic heterocycles. The lowest BCUT2D eigenvalue weighted by Crippen LogP contribution is -2.23. The first-order valence-corrected chi connectivity index (χ1v) is 7.59. The van der Waals surface area contributed by atoms with Gasteiger partial charge >= 0.3 is 0 Å². The maximum absolute atomic E-state index is 4.46. The van der Waals surface area contributed by atoms with E-state index in [1.165, 1.54) is 0 Å². The van der Waals surface area contributed by atoms with E-state index in [0.717, 1.165) is 35.3 Å². The summed E-state index contributed by atoms with van der Waals surface area (Å²) in [5, 5.41) is 6.50. The summed E-state index contributed by atoms with van der Waals surface area (Å²) in [5.74, 6) is 0.865. The molecule has 6 heteroatoms. The van der Waals surface area contributed by atoms with Crippen LogP contribution in [0.4, 0.5) is 5.82 Å². The molecular formula is C14H21N5S. The van der Waals surface area contributed by atoms with E-state index in [1.54, 1.807) is 11.3 Å². The number of aryl methyl sites for hydroxylation is 1. The Kier molecular flexibility index (Phi) is 5.03. The third-order valence-corrected chi connectivity index (χ3v) is 3.66. The van der Waals surface area contributed by atoms with E-state index in [2.05, 4.69) is 44.4 Å². The van der Waals surface area contributed by atoms with E-state index in [4.69, 9.17) is 0 Å². The molecule has 0 aliphatic carbocycles. The molecule has 0 aromatic carbocycles. The first-order valence-electron chi connectivity index (χ1n) is 6.71. The predicted molar refractivity (Wildman–Crippen MR) is 83.0 cm³/mol. The average Bonchev–Trinajstić information content (AvgIpc) is 2.82. The van der Waals surface area contributed by atoms with Crippen LogP contribution in [-0.4, -0.2) is 28.0 Å². The molecular weight excluding hydrogens is 270 g/mol. The second kappa shape index (κ2) is 6.76. The fourth-order valence-corrected chi connectivity index (χ4v) is 2.35. The van der Waals surface area contributed by atoms with Gasteiger partial charge in [-0.1, -0.05) is 13.8 Å². The highest BCUT2D eigenvalue weighted by molar-refractivity contribution is 7.09. The van der Waals surface area contributed by atoms with E-state index in [1.807, 2.05) is 26.4 Å². The second-order valence-electron chi connectivity index (χ2n) is 5.12. The minimum Gasteiger partial charge on any atom is -0.352 e. The van der Waals surface area contributed by atoms with Crippen molar-refractivity contribution < 1.29 is 0 Å². The zero-order valence-corrected chi connectivity index (χ0v) is 13.2. The molecule has 0 saturated carbocycles. The molecule has 0 amide bonds. The molecule has 0 saturated heterocycles. The molecule has 108 valence electrons. The van der Waals surface area contributed by atoms with Crippen LogP contribution >= 0.6 is 11.3 Å². The van der Waals surface area contributed by atoms with Crippen LogP contribution in [-0.2, 0) is 13.1 Å². The van der Waals surface area contributed by atoms with Crippen LogP contribution in [0.2, 0.25) is 0 Å². The Bertz CT molecular complexity index is 535. The SMILES string of the molecule is Cc1nc(CN(C)c2cnc(CNC(C)C)cn2)cs1. The third-order valence-electron chi connectivity index (χ3n) is 2.84. The van der Waals surface area contributed by atoms with Crippen molar-refractivity contribution in [3.05, 3.63) is 34.2 Å². The molecule has 0 unspecified atom stereocenters. The molecule has 0 radical (unpaired) electrons. The van der Waals surface area contributed by atoms with E-state index < -0.39 is 0 Å². The average molecular weight is 291 g/mol. The fraction of sp³-hybridized carbons (Fsp3) is 0.500. The molecule has 1 N–H and O–H groups in total. The minimum absolute atomic E-state index is 0.451. The predicted octanol–water partition coefficient (Wildman–Crippen LogP) is 2.38. The van der Waals surface area contributed by atoms with Crippen LogP contribution in [0.5, 0.6) is 0 Å². The first-order chi connectivity index (χ1) is 9.54. The molecule has 0 aliphatic rings. The summed E-state index contributed by atoms with van der Waals surface area (Å²) < 4.78 is 0. The maximum Gasteiger partial charge on any atom is 0.147 e. The highest BCUT2D eigenvalue weighted by Gasteiger charge is 2.07. The third kappa shape index (κ3) is 4.25. The molecule has 0 atom stereocenters. The lowest BCUT2D eigenvalue weighted by atomic mass is 10.3. The molecule has 2 rings (SSSR count). The smallest absolute Gasteiger partial charge is 0.147 e. The summed E-state index contributed by atoms with van der Waals surface area (Å²) >= 11 is 1.67. The van der Waals surface area contributed by atoms with Crippen molar-refractivity contribution >= 4 is 17.2 Å². The number of aromatic nitrogens is 3. The summed E-state index contributed by atoms with van der Waals surface area (Å²) in [5.41, 5.74) is 2.03. The van der Waals surface area contributed by atoms with Gasteiger partial charge in [0.1, 0.15) is 5.82 Å². The van der Waals surface area contributed by atoms with E-state index in [9.17, 15) is 0 Å². The number of hydrogen-bond donors (Lipinski definition) is 1. The van der Waals surface area contributed by atoms with Gasteiger partial charge in [0.25, 0.3) is 0 Å². The van der Waals surface area contributed by atoms with Crippen LogP contribution in [0, 0.1) is 6.92 Å². The summed E-state index contributed by atoms with van der Waals surface area (Å²) in [6, 6.07) is 0.451. The number of hydrogen-bond acceptors (Lipinski definition) is 6. The van der Waals surface area contributed by atoms with Gasteiger partial charge in [0.2, 0.25) is 0 Å². The highest BCUT2D eigenvalue weighted by atomic mass is 32.1. The van der Waals surface area contributed by atoms with Crippen molar-refractivity contribution in [3.8, 4) is 0 Å². The van der Waals surface area contributed by atoms with Gasteiger partial charge in [0, 0.05) is 25.0 Å². The summed E-state index contributed by atoms with van der Waals surface area (Å²) in [6.45, 7) is 7.75. The molecule has 5 nitrogen and oxygen atoms in total. The number of thiazole rings is 1. The molecule has 2 heterocycles. The maximum atomic E-state index is 4.46. The Balaban J connectivity index is 1.94. The molecule has 20 heavy (non-hydrogen) atoms. The quantitative estimate of drug-likeness (QED) is 0.885. The van der Waals surface area contributed by atoms with Crippen molar-refractivity contribution in [1.29, 1.82) is 0 Å². The van der Waals surface area contributed by atoms with Crippen molar-refractivity contribution in [1.82, 2.24) is 20.3 Å². The Morgan fingerprint density at radius 3 is 2.60 bits per heavy atom. The number of anilines is 1. The van der Waals surface area contributed by atoms with Gasteiger partial charge in [0.15, 0.2) is 0 Å². The van der Waals surface area contributed by atoms with Gasteiger partial charge in [0.05, 0.1) is 35.3 Å². The molecule has 0 bridgehead atoms. The normalized spacial score (nSPS) is 11.1. The van der Waals surface area contributed by atoms with E-state index in [0.29, 0.717) is 6.04 Å². The minimum atomic E-state index is 0.451. The van der Waals surface area contributed by atoms with Crippen LogP contribution in [0.1, 0.15) is 30.2 Å². The highest BCUT2D eigenvalue weighted by Crippen LogP contribution is 2.14. The van der Waals surface area contributed by atoms with Crippen molar-refractivity contribution in [3.63, 3.8) is 0 Å². The number of nitrogens with zero attached hydrogens (tertiary/aromatic N) is 4. The van der Waals surface area contributed by atoms with Gasteiger partial charge in [-0.05, 0) is 6.92 Å². The van der Waals surface area contributed by atoms with E-state index in [-0.39, 0.29) is 0 Å². The largest absolute Gasteiger partial charge is 0.352 e. The van der Waals surface area contributed by atoms with Crippen molar-refractivity contribution in [2.75, 3.05) is 11.9 Å². The van der Waals surface area contributed by atoms with Crippen LogP contribution in [0.25, 0.3) is 0 Å².